The molecule has 1 rings (SSSR count). The van der Waals surface area contributed by atoms with E-state index in [9.17, 15) is 0 Å². The Morgan fingerprint density at radius 3 is 2.64 bits per heavy atom. The van der Waals surface area contributed by atoms with Gasteiger partial charge in [-0.2, -0.15) is 0 Å². The van der Waals surface area contributed by atoms with E-state index in [-0.39, 0.29) is 0 Å². The predicted octanol–water partition coefficient (Wildman–Crippen LogP) is 2.35. The summed E-state index contributed by atoms with van der Waals surface area (Å²) in [5.74, 6) is 0.853. The normalized spacial score (nSPS) is 9.73. The van der Waals surface area contributed by atoms with Gasteiger partial charge in [-0.3, -0.25) is 0 Å². The van der Waals surface area contributed by atoms with Crippen LogP contribution in [0.5, 0.6) is 5.75 Å². The Balaban J connectivity index is 3.21. The van der Waals surface area contributed by atoms with Crippen molar-refractivity contribution in [2.75, 3.05) is 12.8 Å². The molecular weight excluding hydrogens is 206 g/mol. The van der Waals surface area contributed by atoms with Gasteiger partial charge in [-0.25, -0.2) is 0 Å². The van der Waals surface area contributed by atoms with E-state index in [1.54, 1.807) is 7.11 Å². The number of halogens is 1. The van der Waals surface area contributed by atoms with Gasteiger partial charge in [0, 0.05) is 10.2 Å². The third-order valence-corrected chi connectivity index (χ3v) is 2.20. The molecule has 0 saturated carbocycles. The number of hydrogen-bond acceptors (Lipinski definition) is 2. The Hall–Kier alpha value is -0.700. The summed E-state index contributed by atoms with van der Waals surface area (Å²) in [5.41, 5.74) is 7.43. The van der Waals surface area contributed by atoms with Crippen molar-refractivity contribution in [1.82, 2.24) is 0 Å². The molecule has 1 aromatic carbocycles. The van der Waals surface area contributed by atoms with Gasteiger partial charge in [0.2, 0.25) is 0 Å². The Bertz CT molecular complexity index is 273. The van der Waals surface area contributed by atoms with Crippen LogP contribution in [0.4, 0.5) is 5.69 Å². The molecule has 0 amide bonds. The fourth-order valence-corrected chi connectivity index (χ4v) is 1.23. The number of anilines is 1. The molecule has 0 radical (unpaired) electrons. The van der Waals surface area contributed by atoms with Gasteiger partial charge in [-0.1, -0.05) is 0 Å². The van der Waals surface area contributed by atoms with Gasteiger partial charge in [0.1, 0.15) is 5.75 Å². The SMILES string of the molecule is COc1cc(Br)c(N)cc1C. The molecule has 0 aliphatic carbocycles. The third kappa shape index (κ3) is 1.66. The Kier molecular flexibility index (Phi) is 2.39. The molecule has 0 heterocycles. The summed E-state index contributed by atoms with van der Waals surface area (Å²) < 4.78 is 5.97. The van der Waals surface area contributed by atoms with Crippen molar-refractivity contribution in [1.29, 1.82) is 0 Å². The summed E-state index contributed by atoms with van der Waals surface area (Å²) in [6.45, 7) is 1.96. The number of methoxy groups -OCH3 is 1. The molecular formula is C8H10BrNO. The minimum atomic E-state index is 0.739. The lowest BCUT2D eigenvalue weighted by Gasteiger charge is -2.06. The van der Waals surface area contributed by atoms with Crippen LogP contribution in [-0.2, 0) is 0 Å². The van der Waals surface area contributed by atoms with Gasteiger partial charge in [0.25, 0.3) is 0 Å². The fraction of sp³-hybridized carbons (Fsp3) is 0.250. The van der Waals surface area contributed by atoms with Gasteiger partial charge < -0.3 is 10.5 Å². The lowest BCUT2D eigenvalue weighted by molar-refractivity contribution is 0.411. The van der Waals surface area contributed by atoms with E-state index in [1.807, 2.05) is 19.1 Å². The summed E-state index contributed by atoms with van der Waals surface area (Å²) in [4.78, 5) is 0. The first-order valence-electron chi connectivity index (χ1n) is 3.24. The predicted molar refractivity (Wildman–Crippen MR) is 49.8 cm³/mol. The molecule has 0 bridgehead atoms. The van der Waals surface area contributed by atoms with Crippen LogP contribution < -0.4 is 10.5 Å². The van der Waals surface area contributed by atoms with Gasteiger partial charge in [0.05, 0.1) is 7.11 Å². The van der Waals surface area contributed by atoms with E-state index in [0.717, 1.165) is 21.5 Å². The Morgan fingerprint density at radius 1 is 1.45 bits per heavy atom. The molecule has 0 aliphatic heterocycles. The molecule has 3 heteroatoms. The number of nitrogen functional groups attached to an aromatic ring is 1. The highest BCUT2D eigenvalue weighted by atomic mass is 79.9. The molecule has 0 atom stereocenters. The van der Waals surface area contributed by atoms with Crippen LogP contribution in [0.15, 0.2) is 16.6 Å². The van der Waals surface area contributed by atoms with Crippen molar-refractivity contribution in [2.24, 2.45) is 0 Å². The van der Waals surface area contributed by atoms with Crippen LogP contribution >= 0.6 is 15.9 Å². The van der Waals surface area contributed by atoms with Gasteiger partial charge in [-0.15, -0.1) is 0 Å². The first-order chi connectivity index (χ1) is 5.15. The second-order valence-electron chi connectivity index (χ2n) is 2.34. The smallest absolute Gasteiger partial charge is 0.123 e. The molecule has 11 heavy (non-hydrogen) atoms. The monoisotopic (exact) mass is 215 g/mol. The van der Waals surface area contributed by atoms with Crippen molar-refractivity contribution in [3.63, 3.8) is 0 Å². The highest BCUT2D eigenvalue weighted by Crippen LogP contribution is 2.28. The Labute approximate surface area is 74.5 Å². The number of benzene rings is 1. The van der Waals surface area contributed by atoms with Gasteiger partial charge >= 0.3 is 0 Å². The molecule has 2 N–H and O–H groups in total. The summed E-state index contributed by atoms with van der Waals surface area (Å²) in [6.07, 6.45) is 0. The van der Waals surface area contributed by atoms with Crippen molar-refractivity contribution in [3.8, 4) is 5.75 Å². The molecule has 0 aromatic heterocycles. The molecule has 2 nitrogen and oxygen atoms in total. The van der Waals surface area contributed by atoms with Gasteiger partial charge in [-0.05, 0) is 40.5 Å². The zero-order valence-electron chi connectivity index (χ0n) is 6.52. The number of aryl methyl sites for hydroxylation is 1. The second-order valence-corrected chi connectivity index (χ2v) is 3.20. The fourth-order valence-electron chi connectivity index (χ4n) is 0.906. The average Bonchev–Trinajstić information content (AvgIpc) is 1.97. The zero-order chi connectivity index (χ0) is 8.43. The van der Waals surface area contributed by atoms with Gasteiger partial charge in [0.15, 0.2) is 0 Å². The quantitative estimate of drug-likeness (QED) is 0.731. The lowest BCUT2D eigenvalue weighted by Crippen LogP contribution is -1.91. The first kappa shape index (κ1) is 8.40. The highest BCUT2D eigenvalue weighted by molar-refractivity contribution is 9.10. The topological polar surface area (TPSA) is 35.2 Å². The van der Waals surface area contributed by atoms with E-state index >= 15 is 0 Å². The number of rotatable bonds is 1. The molecule has 0 aliphatic rings. The third-order valence-electron chi connectivity index (χ3n) is 1.51. The van der Waals surface area contributed by atoms with Crippen LogP contribution in [-0.4, -0.2) is 7.11 Å². The van der Waals surface area contributed by atoms with Crippen LogP contribution in [0.25, 0.3) is 0 Å². The Morgan fingerprint density at radius 2 is 2.09 bits per heavy atom. The van der Waals surface area contributed by atoms with Crippen molar-refractivity contribution in [3.05, 3.63) is 22.2 Å². The maximum atomic E-state index is 5.64. The maximum Gasteiger partial charge on any atom is 0.123 e. The van der Waals surface area contributed by atoms with Crippen molar-refractivity contribution >= 4 is 21.6 Å². The molecule has 1 aromatic rings. The number of ether oxygens (including phenoxy) is 1. The largest absolute Gasteiger partial charge is 0.496 e. The van der Waals surface area contributed by atoms with E-state index in [1.165, 1.54) is 0 Å². The summed E-state index contributed by atoms with van der Waals surface area (Å²) in [6, 6.07) is 3.74. The molecule has 0 saturated heterocycles. The van der Waals surface area contributed by atoms with E-state index in [4.69, 9.17) is 10.5 Å². The van der Waals surface area contributed by atoms with Crippen molar-refractivity contribution < 1.29 is 4.74 Å². The standard InChI is InChI=1S/C8H10BrNO/c1-5-3-7(10)6(9)4-8(5)11-2/h3-4H,10H2,1-2H3. The average molecular weight is 216 g/mol. The number of nitrogens with two attached hydrogens (primary N) is 1. The van der Waals surface area contributed by atoms with Crippen LogP contribution in [0.2, 0.25) is 0 Å². The van der Waals surface area contributed by atoms with Crippen molar-refractivity contribution in [2.45, 2.75) is 6.92 Å². The molecule has 60 valence electrons. The summed E-state index contributed by atoms with van der Waals surface area (Å²) in [5, 5.41) is 0. The minimum Gasteiger partial charge on any atom is -0.496 e. The lowest BCUT2D eigenvalue weighted by atomic mass is 10.2. The molecule has 0 fully saturated rings. The van der Waals surface area contributed by atoms with E-state index < -0.39 is 0 Å². The first-order valence-corrected chi connectivity index (χ1v) is 4.04. The molecule has 0 spiro atoms. The van der Waals surface area contributed by atoms with E-state index in [2.05, 4.69) is 15.9 Å². The zero-order valence-corrected chi connectivity index (χ0v) is 8.10. The minimum absolute atomic E-state index is 0.739. The highest BCUT2D eigenvalue weighted by Gasteiger charge is 2.01. The summed E-state index contributed by atoms with van der Waals surface area (Å²) >= 11 is 3.32. The van der Waals surface area contributed by atoms with Crippen LogP contribution in [0, 0.1) is 6.92 Å². The second kappa shape index (κ2) is 3.13. The summed E-state index contributed by atoms with van der Waals surface area (Å²) in [7, 11) is 1.64. The van der Waals surface area contributed by atoms with E-state index in [0.29, 0.717) is 0 Å². The number of hydrogen-bond donors (Lipinski definition) is 1. The molecule has 0 unspecified atom stereocenters. The van der Waals surface area contributed by atoms with Crippen LogP contribution in [0.3, 0.4) is 0 Å². The maximum absolute atomic E-state index is 5.64. The van der Waals surface area contributed by atoms with Crippen LogP contribution in [0.1, 0.15) is 5.56 Å².